The van der Waals surface area contributed by atoms with Crippen molar-refractivity contribution in [3.8, 4) is 11.5 Å². The molecule has 1 aromatic rings. The third kappa shape index (κ3) is 4.75. The van der Waals surface area contributed by atoms with E-state index >= 15 is 0 Å². The molecule has 0 aliphatic carbocycles. The van der Waals surface area contributed by atoms with Crippen LogP contribution in [0.1, 0.15) is 25.3 Å². The van der Waals surface area contributed by atoms with Crippen molar-refractivity contribution >= 4 is 22.4 Å². The molecule has 0 amide bonds. The van der Waals surface area contributed by atoms with Crippen molar-refractivity contribution in [1.82, 2.24) is 10.0 Å². The molecular formula is C16H27ClN2O4S. The molecule has 6 nitrogen and oxygen atoms in total. The van der Waals surface area contributed by atoms with E-state index in [-0.39, 0.29) is 23.3 Å². The lowest BCUT2D eigenvalue weighted by atomic mass is 9.94. The SMILES string of the molecule is COc1cc(C)c(S(=O)(=O)NC(C)C2CCCNC2)cc1OC.Cl. The van der Waals surface area contributed by atoms with Crippen molar-refractivity contribution in [1.29, 1.82) is 0 Å². The van der Waals surface area contributed by atoms with Crippen LogP contribution in [0.15, 0.2) is 17.0 Å². The zero-order valence-electron chi connectivity index (χ0n) is 14.6. The van der Waals surface area contributed by atoms with Gasteiger partial charge < -0.3 is 14.8 Å². The van der Waals surface area contributed by atoms with Crippen molar-refractivity contribution in [2.24, 2.45) is 5.92 Å². The van der Waals surface area contributed by atoms with Gasteiger partial charge in [-0.05, 0) is 57.3 Å². The average molecular weight is 379 g/mol. The van der Waals surface area contributed by atoms with Crippen molar-refractivity contribution in [3.63, 3.8) is 0 Å². The number of rotatable bonds is 6. The number of halogens is 1. The minimum Gasteiger partial charge on any atom is -0.493 e. The van der Waals surface area contributed by atoms with Crippen LogP contribution in [0.5, 0.6) is 11.5 Å². The van der Waals surface area contributed by atoms with E-state index in [1.807, 2.05) is 6.92 Å². The van der Waals surface area contributed by atoms with Gasteiger partial charge in [-0.1, -0.05) is 0 Å². The number of benzene rings is 1. The molecule has 2 rings (SSSR count). The second-order valence-electron chi connectivity index (χ2n) is 5.99. The van der Waals surface area contributed by atoms with Gasteiger partial charge in [-0.15, -0.1) is 12.4 Å². The average Bonchev–Trinajstić information content (AvgIpc) is 2.54. The third-order valence-corrected chi connectivity index (χ3v) is 6.05. The summed E-state index contributed by atoms with van der Waals surface area (Å²) in [6.45, 7) is 5.52. The Morgan fingerprint density at radius 1 is 1.25 bits per heavy atom. The molecule has 2 unspecified atom stereocenters. The fourth-order valence-corrected chi connectivity index (χ4v) is 4.52. The lowest BCUT2D eigenvalue weighted by Crippen LogP contribution is -2.44. The summed E-state index contributed by atoms with van der Waals surface area (Å²) in [5.41, 5.74) is 0.629. The van der Waals surface area contributed by atoms with Crippen molar-refractivity contribution < 1.29 is 17.9 Å². The Hall–Kier alpha value is -1.02. The summed E-state index contributed by atoms with van der Waals surface area (Å²) in [5, 5.41) is 3.31. The first-order valence-corrected chi connectivity index (χ1v) is 9.33. The minimum atomic E-state index is -3.61. The molecule has 8 heteroatoms. The molecule has 2 atom stereocenters. The summed E-state index contributed by atoms with van der Waals surface area (Å²) in [5.74, 6) is 1.23. The van der Waals surface area contributed by atoms with E-state index in [0.29, 0.717) is 23.0 Å². The third-order valence-electron chi connectivity index (χ3n) is 4.35. The molecule has 1 saturated heterocycles. The number of hydrogen-bond acceptors (Lipinski definition) is 5. The van der Waals surface area contributed by atoms with Gasteiger partial charge in [-0.25, -0.2) is 13.1 Å². The largest absolute Gasteiger partial charge is 0.493 e. The smallest absolute Gasteiger partial charge is 0.241 e. The Labute approximate surface area is 150 Å². The van der Waals surface area contributed by atoms with E-state index in [1.54, 1.807) is 13.0 Å². The molecule has 1 fully saturated rings. The summed E-state index contributed by atoms with van der Waals surface area (Å²) in [7, 11) is -0.587. The first-order chi connectivity index (χ1) is 10.9. The van der Waals surface area contributed by atoms with E-state index in [0.717, 1.165) is 25.9 Å². The molecular weight excluding hydrogens is 352 g/mol. The topological polar surface area (TPSA) is 76.7 Å². The number of piperidine rings is 1. The van der Waals surface area contributed by atoms with E-state index in [2.05, 4.69) is 10.0 Å². The quantitative estimate of drug-likeness (QED) is 0.792. The van der Waals surface area contributed by atoms with Gasteiger partial charge in [0.2, 0.25) is 10.0 Å². The maximum Gasteiger partial charge on any atom is 0.241 e. The molecule has 0 spiro atoms. The van der Waals surface area contributed by atoms with Gasteiger partial charge in [0, 0.05) is 12.1 Å². The summed E-state index contributed by atoms with van der Waals surface area (Å²) in [6.07, 6.45) is 2.10. The standard InChI is InChI=1S/C16H26N2O4S.ClH/c1-11-8-14(21-3)15(22-4)9-16(11)23(19,20)18-12(2)13-6-5-7-17-10-13;/h8-9,12-13,17-18H,5-7,10H2,1-4H3;1H. The Morgan fingerprint density at radius 2 is 1.88 bits per heavy atom. The van der Waals surface area contributed by atoms with Crippen LogP contribution in [-0.2, 0) is 10.0 Å². The van der Waals surface area contributed by atoms with Gasteiger partial charge in [0.15, 0.2) is 11.5 Å². The lowest BCUT2D eigenvalue weighted by molar-refractivity contribution is 0.320. The molecule has 1 aliphatic heterocycles. The Morgan fingerprint density at radius 3 is 2.42 bits per heavy atom. The number of methoxy groups -OCH3 is 2. The van der Waals surface area contributed by atoms with Gasteiger partial charge in [0.25, 0.3) is 0 Å². The molecule has 2 N–H and O–H groups in total. The highest BCUT2D eigenvalue weighted by atomic mass is 35.5. The molecule has 0 bridgehead atoms. The maximum atomic E-state index is 12.7. The Kier molecular flexibility index (Phi) is 7.79. The van der Waals surface area contributed by atoms with E-state index in [9.17, 15) is 8.42 Å². The predicted octanol–water partition coefficient (Wildman–Crippen LogP) is 2.10. The van der Waals surface area contributed by atoms with Crippen LogP contribution in [0.25, 0.3) is 0 Å². The second-order valence-corrected chi connectivity index (χ2v) is 7.67. The van der Waals surface area contributed by atoms with E-state index in [1.165, 1.54) is 20.3 Å². The second kappa shape index (κ2) is 8.89. The van der Waals surface area contributed by atoms with Crippen molar-refractivity contribution in [3.05, 3.63) is 17.7 Å². The molecule has 1 aliphatic rings. The summed E-state index contributed by atoms with van der Waals surface area (Å²) < 4.78 is 38.7. The minimum absolute atomic E-state index is 0. The summed E-state index contributed by atoms with van der Waals surface area (Å²) in [6, 6.07) is 3.07. The van der Waals surface area contributed by atoms with Crippen LogP contribution < -0.4 is 19.5 Å². The monoisotopic (exact) mass is 378 g/mol. The van der Waals surface area contributed by atoms with Gasteiger partial charge in [-0.2, -0.15) is 0 Å². The van der Waals surface area contributed by atoms with Crippen molar-refractivity contribution in [2.75, 3.05) is 27.3 Å². The fourth-order valence-electron chi connectivity index (χ4n) is 2.96. The lowest BCUT2D eigenvalue weighted by Gasteiger charge is -2.29. The fraction of sp³-hybridized carbons (Fsp3) is 0.625. The van der Waals surface area contributed by atoms with Crippen LogP contribution in [-0.4, -0.2) is 41.8 Å². The van der Waals surface area contributed by atoms with Crippen LogP contribution in [0.4, 0.5) is 0 Å². The summed E-state index contributed by atoms with van der Waals surface area (Å²) >= 11 is 0. The van der Waals surface area contributed by atoms with E-state index in [4.69, 9.17) is 9.47 Å². The predicted molar refractivity (Wildman–Crippen MR) is 96.9 cm³/mol. The molecule has 0 radical (unpaired) electrons. The highest BCUT2D eigenvalue weighted by Crippen LogP contribution is 2.32. The first-order valence-electron chi connectivity index (χ1n) is 7.84. The van der Waals surface area contributed by atoms with Gasteiger partial charge >= 0.3 is 0 Å². The summed E-state index contributed by atoms with van der Waals surface area (Å²) in [4.78, 5) is 0.228. The van der Waals surface area contributed by atoms with E-state index < -0.39 is 10.0 Å². The number of sulfonamides is 1. The number of ether oxygens (including phenoxy) is 2. The zero-order valence-corrected chi connectivity index (χ0v) is 16.2. The van der Waals surface area contributed by atoms with Gasteiger partial charge in [0.1, 0.15) is 0 Å². The zero-order chi connectivity index (χ0) is 17.0. The number of hydrogen-bond donors (Lipinski definition) is 2. The maximum absolute atomic E-state index is 12.7. The number of nitrogens with one attached hydrogen (secondary N) is 2. The van der Waals surface area contributed by atoms with Gasteiger partial charge in [0.05, 0.1) is 19.1 Å². The molecule has 24 heavy (non-hydrogen) atoms. The van der Waals surface area contributed by atoms with Crippen LogP contribution >= 0.6 is 12.4 Å². The highest BCUT2D eigenvalue weighted by Gasteiger charge is 2.27. The van der Waals surface area contributed by atoms with Crippen LogP contribution in [0, 0.1) is 12.8 Å². The Bertz CT molecular complexity index is 646. The van der Waals surface area contributed by atoms with Crippen LogP contribution in [0.2, 0.25) is 0 Å². The first kappa shape index (κ1) is 21.0. The molecule has 0 aromatic heterocycles. The van der Waals surface area contributed by atoms with Gasteiger partial charge in [-0.3, -0.25) is 0 Å². The van der Waals surface area contributed by atoms with Crippen LogP contribution in [0.3, 0.4) is 0 Å². The molecule has 1 aromatic carbocycles. The molecule has 0 saturated carbocycles. The number of aryl methyl sites for hydroxylation is 1. The highest BCUT2D eigenvalue weighted by molar-refractivity contribution is 7.89. The van der Waals surface area contributed by atoms with Crippen molar-refractivity contribution in [2.45, 2.75) is 37.6 Å². The Balaban J connectivity index is 0.00000288. The molecule has 138 valence electrons. The normalized spacial score (nSPS) is 19.2. The molecule has 1 heterocycles.